The van der Waals surface area contributed by atoms with Gasteiger partial charge in [-0.15, -0.1) is 0 Å². The molecule has 2 heterocycles. The molecule has 0 aliphatic carbocycles. The minimum absolute atomic E-state index is 0.0323. The van der Waals surface area contributed by atoms with Gasteiger partial charge in [-0.3, -0.25) is 0 Å². The number of aromatic nitrogens is 1. The fraction of sp³-hybridized carbons (Fsp3) is 0.583. The Kier molecular flexibility index (Phi) is 3.59. The van der Waals surface area contributed by atoms with Crippen LogP contribution in [0.2, 0.25) is 0 Å². The normalized spacial score (nSPS) is 22.1. The van der Waals surface area contributed by atoms with E-state index >= 15 is 0 Å². The summed E-state index contributed by atoms with van der Waals surface area (Å²) in [6.07, 6.45) is 2.43. The van der Waals surface area contributed by atoms with Crippen molar-refractivity contribution in [1.82, 2.24) is 4.98 Å². The summed E-state index contributed by atoms with van der Waals surface area (Å²) in [4.78, 5) is 6.36. The Balaban J connectivity index is 2.21. The fourth-order valence-electron chi connectivity index (χ4n) is 2.36. The third-order valence-electron chi connectivity index (χ3n) is 3.43. The van der Waals surface area contributed by atoms with Crippen LogP contribution in [-0.2, 0) is 16.4 Å². The third-order valence-corrected chi connectivity index (χ3v) is 5.18. The third kappa shape index (κ3) is 2.64. The lowest BCUT2D eigenvalue weighted by Gasteiger charge is -2.26. The maximum absolute atomic E-state index is 11.5. The Morgan fingerprint density at radius 1 is 1.56 bits per heavy atom. The van der Waals surface area contributed by atoms with Gasteiger partial charge in [-0.05, 0) is 30.5 Å². The van der Waals surface area contributed by atoms with Gasteiger partial charge >= 0.3 is 0 Å². The van der Waals surface area contributed by atoms with Crippen molar-refractivity contribution in [3.63, 3.8) is 0 Å². The van der Waals surface area contributed by atoms with E-state index < -0.39 is 9.84 Å². The van der Waals surface area contributed by atoms with E-state index in [2.05, 4.69) is 4.98 Å². The highest BCUT2D eigenvalue weighted by atomic mass is 32.2. The Labute approximate surface area is 108 Å². The van der Waals surface area contributed by atoms with Crippen molar-refractivity contribution in [2.24, 2.45) is 5.73 Å². The highest BCUT2D eigenvalue weighted by Crippen LogP contribution is 2.24. The molecule has 2 rings (SSSR count). The number of nitrogens with two attached hydrogens (primary N) is 1. The Morgan fingerprint density at radius 3 is 2.78 bits per heavy atom. The van der Waals surface area contributed by atoms with Crippen molar-refractivity contribution < 1.29 is 8.42 Å². The highest BCUT2D eigenvalue weighted by molar-refractivity contribution is 7.91. The van der Waals surface area contributed by atoms with E-state index in [4.69, 9.17) is 5.73 Å². The van der Waals surface area contributed by atoms with Gasteiger partial charge in [0.15, 0.2) is 9.84 Å². The molecule has 1 saturated heterocycles. The molecular formula is C12H19N3O2S. The number of hydrogen-bond acceptors (Lipinski definition) is 5. The van der Waals surface area contributed by atoms with Crippen LogP contribution >= 0.6 is 0 Å². The molecule has 0 amide bonds. The summed E-state index contributed by atoms with van der Waals surface area (Å²) in [7, 11) is -0.958. The Hall–Kier alpha value is -1.14. The number of nitrogens with zero attached hydrogens (tertiary/aromatic N) is 2. The van der Waals surface area contributed by atoms with E-state index in [0.29, 0.717) is 13.0 Å². The summed E-state index contributed by atoms with van der Waals surface area (Å²) in [6, 6.07) is 2.03. The molecule has 100 valence electrons. The SMILES string of the molecule is Cc1cc(CN)cnc1N(C)C1CCS(=O)(=O)C1. The van der Waals surface area contributed by atoms with E-state index in [0.717, 1.165) is 16.9 Å². The largest absolute Gasteiger partial charge is 0.355 e. The van der Waals surface area contributed by atoms with Gasteiger partial charge in [0.2, 0.25) is 0 Å². The van der Waals surface area contributed by atoms with Crippen LogP contribution in [0.15, 0.2) is 12.3 Å². The minimum atomic E-state index is -2.86. The number of rotatable bonds is 3. The molecule has 1 aromatic rings. The van der Waals surface area contributed by atoms with Gasteiger partial charge in [0.05, 0.1) is 11.5 Å². The smallest absolute Gasteiger partial charge is 0.152 e. The number of sulfone groups is 1. The van der Waals surface area contributed by atoms with Crippen molar-refractivity contribution >= 4 is 15.7 Å². The van der Waals surface area contributed by atoms with Gasteiger partial charge in [0, 0.05) is 25.8 Å². The quantitative estimate of drug-likeness (QED) is 0.863. The van der Waals surface area contributed by atoms with E-state index in [1.54, 1.807) is 6.20 Å². The number of pyridine rings is 1. The molecule has 0 spiro atoms. The number of aryl methyl sites for hydroxylation is 1. The molecule has 1 aromatic heterocycles. The van der Waals surface area contributed by atoms with Crippen LogP contribution in [0.25, 0.3) is 0 Å². The maximum Gasteiger partial charge on any atom is 0.152 e. The van der Waals surface area contributed by atoms with E-state index in [-0.39, 0.29) is 17.5 Å². The molecule has 0 saturated carbocycles. The van der Waals surface area contributed by atoms with Crippen LogP contribution in [0, 0.1) is 6.92 Å². The molecule has 0 bridgehead atoms. The molecule has 6 heteroatoms. The number of anilines is 1. The predicted octanol–water partition coefficient (Wildman–Crippen LogP) is 0.472. The average molecular weight is 269 g/mol. The maximum atomic E-state index is 11.5. The lowest BCUT2D eigenvalue weighted by molar-refractivity contribution is 0.600. The van der Waals surface area contributed by atoms with E-state index in [1.165, 1.54) is 0 Å². The molecule has 0 aromatic carbocycles. The fourth-order valence-corrected chi connectivity index (χ4v) is 4.13. The molecule has 1 aliphatic heterocycles. The van der Waals surface area contributed by atoms with Crippen LogP contribution in [-0.4, -0.2) is 38.0 Å². The average Bonchev–Trinajstić information content (AvgIpc) is 2.68. The molecule has 2 N–H and O–H groups in total. The first-order valence-corrected chi connectivity index (χ1v) is 7.84. The second-order valence-electron chi connectivity index (χ2n) is 4.86. The monoisotopic (exact) mass is 269 g/mol. The summed E-state index contributed by atoms with van der Waals surface area (Å²) in [6.45, 7) is 2.44. The van der Waals surface area contributed by atoms with Crippen LogP contribution in [0.3, 0.4) is 0 Å². The van der Waals surface area contributed by atoms with Gasteiger partial charge in [-0.1, -0.05) is 0 Å². The zero-order valence-corrected chi connectivity index (χ0v) is 11.6. The van der Waals surface area contributed by atoms with Gasteiger partial charge in [-0.25, -0.2) is 13.4 Å². The summed E-state index contributed by atoms with van der Waals surface area (Å²) >= 11 is 0. The lowest BCUT2D eigenvalue weighted by Crippen LogP contribution is -2.33. The predicted molar refractivity (Wildman–Crippen MR) is 72.3 cm³/mol. The van der Waals surface area contributed by atoms with Crippen molar-refractivity contribution in [3.8, 4) is 0 Å². The van der Waals surface area contributed by atoms with Crippen molar-refractivity contribution in [2.45, 2.75) is 25.9 Å². The molecule has 18 heavy (non-hydrogen) atoms. The Morgan fingerprint density at radius 2 is 2.28 bits per heavy atom. The Bertz CT molecular complexity index is 542. The first-order chi connectivity index (χ1) is 8.43. The summed E-state index contributed by atoms with van der Waals surface area (Å²) < 4.78 is 23.0. The second-order valence-corrected chi connectivity index (χ2v) is 7.08. The van der Waals surface area contributed by atoms with Gasteiger partial charge in [0.25, 0.3) is 0 Å². The molecule has 1 atom stereocenters. The van der Waals surface area contributed by atoms with Crippen LogP contribution in [0.5, 0.6) is 0 Å². The summed E-state index contributed by atoms with van der Waals surface area (Å²) in [5, 5.41) is 0. The minimum Gasteiger partial charge on any atom is -0.355 e. The number of hydrogen-bond donors (Lipinski definition) is 1. The van der Waals surface area contributed by atoms with Crippen molar-refractivity contribution in [3.05, 3.63) is 23.4 Å². The van der Waals surface area contributed by atoms with Gasteiger partial charge in [0.1, 0.15) is 5.82 Å². The standard InChI is InChI=1S/C12H19N3O2S/c1-9-5-10(6-13)7-14-12(9)15(2)11-3-4-18(16,17)8-11/h5,7,11H,3-4,6,8,13H2,1-2H3. The van der Waals surface area contributed by atoms with E-state index in [9.17, 15) is 8.42 Å². The zero-order valence-electron chi connectivity index (χ0n) is 10.8. The van der Waals surface area contributed by atoms with Crippen LogP contribution in [0.4, 0.5) is 5.82 Å². The molecule has 5 nitrogen and oxygen atoms in total. The first-order valence-electron chi connectivity index (χ1n) is 6.02. The summed E-state index contributed by atoms with van der Waals surface area (Å²) in [5.41, 5.74) is 7.59. The van der Waals surface area contributed by atoms with Crippen LogP contribution in [0.1, 0.15) is 17.5 Å². The molecule has 1 unspecified atom stereocenters. The lowest BCUT2D eigenvalue weighted by atomic mass is 10.1. The van der Waals surface area contributed by atoms with Gasteiger partial charge < -0.3 is 10.6 Å². The molecule has 0 radical (unpaired) electrons. The zero-order chi connectivity index (χ0) is 13.3. The van der Waals surface area contributed by atoms with Crippen molar-refractivity contribution in [2.75, 3.05) is 23.5 Å². The first kappa shape index (κ1) is 13.3. The summed E-state index contributed by atoms with van der Waals surface area (Å²) in [5.74, 6) is 1.35. The molecule has 1 fully saturated rings. The van der Waals surface area contributed by atoms with E-state index in [1.807, 2.05) is 24.9 Å². The second kappa shape index (κ2) is 4.85. The van der Waals surface area contributed by atoms with Crippen LogP contribution < -0.4 is 10.6 Å². The molecule has 1 aliphatic rings. The van der Waals surface area contributed by atoms with Gasteiger partial charge in [-0.2, -0.15) is 0 Å². The molecular weight excluding hydrogens is 250 g/mol. The van der Waals surface area contributed by atoms with Crippen molar-refractivity contribution in [1.29, 1.82) is 0 Å². The topological polar surface area (TPSA) is 76.3 Å². The highest BCUT2D eigenvalue weighted by Gasteiger charge is 2.31.